The summed E-state index contributed by atoms with van der Waals surface area (Å²) in [6.07, 6.45) is 16.2. The molecule has 0 fully saturated rings. The Kier molecular flexibility index (Phi) is 29.6. The zero-order chi connectivity index (χ0) is 65.6. The highest BCUT2D eigenvalue weighted by Crippen LogP contribution is 2.48. The minimum absolute atomic E-state index is 0.348. The van der Waals surface area contributed by atoms with Crippen molar-refractivity contribution in [1.29, 1.82) is 0 Å². The van der Waals surface area contributed by atoms with Crippen LogP contribution in [-0.4, -0.2) is 53.9 Å². The Morgan fingerprint density at radius 2 is 0.689 bits per heavy atom. The summed E-state index contributed by atoms with van der Waals surface area (Å²) in [4.78, 5) is 0. The quantitative estimate of drug-likeness (QED) is 0.0165. The molecule has 8 nitrogen and oxygen atoms in total. The molecule has 490 valence electrons. The minimum atomic E-state index is -2.27. The van der Waals surface area contributed by atoms with Crippen molar-refractivity contribution in [2.75, 3.05) is 53.9 Å². The van der Waals surface area contributed by atoms with Crippen LogP contribution >= 0.6 is 16.8 Å². The molecule has 0 N–H and O–H groups in total. The second-order valence-electron chi connectivity index (χ2n) is 23.1. The van der Waals surface area contributed by atoms with Gasteiger partial charge in [-0.15, -0.1) is 0 Å². The molecule has 6 aromatic rings. The minimum Gasteiger partial charge on any atom is -0.496 e. The topological polar surface area (TPSA) is 73.8 Å². The van der Waals surface area contributed by atoms with Crippen LogP contribution < -0.4 is 18.9 Å². The van der Waals surface area contributed by atoms with Crippen LogP contribution in [0.25, 0.3) is 57.7 Å². The zero-order valence-corrected chi connectivity index (χ0v) is 55.8. The molecule has 0 heterocycles. The lowest BCUT2D eigenvalue weighted by Gasteiger charge is -2.20. The molecule has 0 aliphatic rings. The number of halogens is 8. The number of methoxy groups -OCH3 is 2. The predicted molar refractivity (Wildman–Crippen MR) is 350 cm³/mol. The van der Waals surface area contributed by atoms with E-state index in [2.05, 4.69) is 41.5 Å². The van der Waals surface area contributed by atoms with Gasteiger partial charge >= 0.3 is 0 Å². The van der Waals surface area contributed by atoms with Gasteiger partial charge in [-0.05, 0) is 111 Å². The standard InChI is InChI=1S/C72H88F8O8P2/c1-13-85-89(86-14-2)43-55-41-57(81-11)53(39-59(55)83-37-35-47(9)21-17-19-45(5)6)33-27-49-23-29-51(30-24-49)61-65(73)69(77)63(70(78)66(61)74)64-71(79)67(75)62(68(76)72(64)80)52-31-25-50(26-32-52)28-34-54-40-60(84-38-36-48(10)22-18-20-46(7)8)56(42-58(54)82-12)44-90(87-15-3)88-16-4/h23-34,39-42,45-48H,13-22,35-38,43-44H2,1-12H3/b33-27+,34-28+. The Bertz CT molecular complexity index is 3030. The molecule has 90 heavy (non-hydrogen) atoms. The van der Waals surface area contributed by atoms with Crippen LogP contribution in [0.5, 0.6) is 23.0 Å². The third kappa shape index (κ3) is 20.1. The van der Waals surface area contributed by atoms with Crippen molar-refractivity contribution in [3.63, 3.8) is 0 Å². The van der Waals surface area contributed by atoms with Gasteiger partial charge in [0.1, 0.15) is 23.0 Å². The molecule has 0 saturated heterocycles. The Hall–Kier alpha value is -5.86. The molecule has 2 unspecified atom stereocenters. The summed E-state index contributed by atoms with van der Waals surface area (Å²) >= 11 is 0. The molecular weight excluding hydrogens is 1210 g/mol. The number of benzene rings is 6. The van der Waals surface area contributed by atoms with E-state index >= 15 is 35.1 Å². The van der Waals surface area contributed by atoms with E-state index in [0.717, 1.165) is 62.5 Å². The number of hydrogen-bond acceptors (Lipinski definition) is 8. The van der Waals surface area contributed by atoms with Crippen molar-refractivity contribution in [2.24, 2.45) is 23.7 Å². The lowest BCUT2D eigenvalue weighted by atomic mass is 9.93. The first-order valence-corrected chi connectivity index (χ1v) is 33.9. The molecule has 0 amide bonds. The Labute approximate surface area is 530 Å². The van der Waals surface area contributed by atoms with Gasteiger partial charge in [0, 0.05) is 34.6 Å². The van der Waals surface area contributed by atoms with Gasteiger partial charge in [-0.3, -0.25) is 0 Å². The highest BCUT2D eigenvalue weighted by Gasteiger charge is 2.35. The van der Waals surface area contributed by atoms with E-state index in [1.807, 2.05) is 52.0 Å². The van der Waals surface area contributed by atoms with Crippen molar-refractivity contribution in [1.82, 2.24) is 0 Å². The summed E-state index contributed by atoms with van der Waals surface area (Å²) in [5.41, 5.74) is -3.12. The first kappa shape index (κ1) is 73.2. The summed E-state index contributed by atoms with van der Waals surface area (Å²) in [7, 11) is 0.521. The molecule has 6 rings (SSSR count). The summed E-state index contributed by atoms with van der Waals surface area (Å²) < 4.78 is 177. The van der Waals surface area contributed by atoms with Crippen molar-refractivity contribution in [3.05, 3.63) is 153 Å². The molecule has 2 atom stereocenters. The maximum Gasteiger partial charge on any atom is 0.175 e. The molecule has 0 saturated carbocycles. The van der Waals surface area contributed by atoms with Crippen molar-refractivity contribution in [2.45, 2.75) is 133 Å². The van der Waals surface area contributed by atoms with Crippen molar-refractivity contribution >= 4 is 41.1 Å². The van der Waals surface area contributed by atoms with Gasteiger partial charge in [-0.2, -0.15) is 0 Å². The van der Waals surface area contributed by atoms with Gasteiger partial charge in [0.2, 0.25) is 0 Å². The van der Waals surface area contributed by atoms with Crippen LogP contribution in [0.3, 0.4) is 0 Å². The molecule has 0 aliphatic carbocycles. The van der Waals surface area contributed by atoms with Gasteiger partial charge in [-0.25, -0.2) is 35.1 Å². The summed E-state index contributed by atoms with van der Waals surface area (Å²) in [5.74, 6) is -12.8. The van der Waals surface area contributed by atoms with Gasteiger partial charge in [-0.1, -0.05) is 153 Å². The largest absolute Gasteiger partial charge is 0.496 e. The number of ether oxygens (including phenoxy) is 4. The first-order valence-electron chi connectivity index (χ1n) is 31.2. The molecule has 0 aliphatic heterocycles. The molecule has 0 radical (unpaired) electrons. The first-order chi connectivity index (χ1) is 43.2. The van der Waals surface area contributed by atoms with Crippen molar-refractivity contribution in [3.8, 4) is 56.4 Å². The fourth-order valence-corrected chi connectivity index (χ4v) is 13.1. The van der Waals surface area contributed by atoms with E-state index in [1.54, 1.807) is 24.3 Å². The summed E-state index contributed by atoms with van der Waals surface area (Å²) in [6.45, 7) is 23.7. The van der Waals surface area contributed by atoms with E-state index in [4.69, 9.17) is 37.0 Å². The number of hydrogen-bond donors (Lipinski definition) is 0. The second-order valence-corrected chi connectivity index (χ2v) is 26.1. The third-order valence-electron chi connectivity index (χ3n) is 15.3. The predicted octanol–water partition coefficient (Wildman–Crippen LogP) is 22.4. The Morgan fingerprint density at radius 1 is 0.378 bits per heavy atom. The van der Waals surface area contributed by atoms with Crippen LogP contribution in [0, 0.1) is 70.2 Å². The average molecular weight is 1300 g/mol. The molecule has 0 aromatic heterocycles. The second kappa shape index (κ2) is 36.4. The SMILES string of the molecule is CCOP(Cc1cc(OC)c(/C=C/c2ccc(-c3c(F)c(F)c(-c4c(F)c(F)c(-c5ccc(/C=C/c6cc(OCCC(C)CCCC(C)C)c(CP(OCC)OCC)cc6OC)cc5)c(F)c4F)c(F)c3F)cc2)cc1OCCC(C)CCCC(C)C)OCC. The maximum atomic E-state index is 16.1. The molecule has 0 spiro atoms. The van der Waals surface area contributed by atoms with Gasteiger partial charge in [0.25, 0.3) is 0 Å². The Morgan fingerprint density at radius 3 is 0.978 bits per heavy atom. The highest BCUT2D eigenvalue weighted by molar-refractivity contribution is 7.46. The lowest BCUT2D eigenvalue weighted by molar-refractivity contribution is 0.263. The van der Waals surface area contributed by atoms with Crippen LogP contribution in [-0.2, 0) is 30.4 Å². The fraction of sp³-hybridized carbons (Fsp3) is 0.444. The van der Waals surface area contributed by atoms with Crippen LogP contribution in [0.2, 0.25) is 0 Å². The van der Waals surface area contributed by atoms with Crippen LogP contribution in [0.15, 0.2) is 72.8 Å². The zero-order valence-electron chi connectivity index (χ0n) is 54.0. The summed E-state index contributed by atoms with van der Waals surface area (Å²) in [6, 6.07) is 17.9. The van der Waals surface area contributed by atoms with E-state index < -0.39 is 85.5 Å². The van der Waals surface area contributed by atoms with Crippen LogP contribution in [0.1, 0.15) is 154 Å². The molecule has 0 bridgehead atoms. The Balaban J connectivity index is 1.24. The third-order valence-corrected chi connectivity index (χ3v) is 18.7. The molecule has 18 heteroatoms. The van der Waals surface area contributed by atoms with Gasteiger partial charge in [0.15, 0.2) is 63.3 Å². The highest BCUT2D eigenvalue weighted by atomic mass is 31.2. The van der Waals surface area contributed by atoms with Crippen molar-refractivity contribution < 1.29 is 72.2 Å². The number of rotatable bonds is 37. The van der Waals surface area contributed by atoms with E-state index in [1.165, 1.54) is 62.8 Å². The monoisotopic (exact) mass is 1290 g/mol. The smallest absolute Gasteiger partial charge is 0.175 e. The van der Waals surface area contributed by atoms with E-state index in [0.29, 0.717) is 121 Å². The maximum absolute atomic E-state index is 16.1. The van der Waals surface area contributed by atoms with Crippen LogP contribution in [0.4, 0.5) is 35.1 Å². The fourth-order valence-electron chi connectivity index (χ4n) is 10.4. The molecule has 6 aromatic carbocycles. The molecular formula is C72H88F8O8P2. The van der Waals surface area contributed by atoms with E-state index in [-0.39, 0.29) is 11.1 Å². The average Bonchev–Trinajstić information content (AvgIpc) is 0.774. The lowest BCUT2D eigenvalue weighted by Crippen LogP contribution is -2.09. The van der Waals surface area contributed by atoms with Gasteiger partial charge < -0.3 is 37.0 Å². The van der Waals surface area contributed by atoms with Gasteiger partial charge in [0.05, 0.1) is 76.1 Å². The summed E-state index contributed by atoms with van der Waals surface area (Å²) in [5, 5.41) is 0. The normalized spacial score (nSPS) is 12.7. The van der Waals surface area contributed by atoms with E-state index in [9.17, 15) is 0 Å².